The van der Waals surface area contributed by atoms with Crippen LogP contribution in [-0.4, -0.2) is 59.7 Å². The van der Waals surface area contributed by atoms with Crippen molar-refractivity contribution in [1.29, 1.82) is 0 Å². The molecule has 14 heteroatoms. The molecule has 11 nitrogen and oxygen atoms in total. The zero-order chi connectivity index (χ0) is 32.8. The van der Waals surface area contributed by atoms with Gasteiger partial charge in [-0.1, -0.05) is 24.3 Å². The minimum Gasteiger partial charge on any atom is -0.480 e. The van der Waals surface area contributed by atoms with Gasteiger partial charge in [0.25, 0.3) is 0 Å². The van der Waals surface area contributed by atoms with Gasteiger partial charge in [0.15, 0.2) is 11.5 Å². The number of hydrogen-bond acceptors (Lipinski definition) is 9. The lowest BCUT2D eigenvalue weighted by atomic mass is 10.0. The third kappa shape index (κ3) is 6.60. The first-order valence-corrected chi connectivity index (χ1v) is 15.0. The largest absolute Gasteiger partial charge is 0.480 e. The highest BCUT2D eigenvalue weighted by atomic mass is 19.4. The fourth-order valence-electron chi connectivity index (χ4n) is 5.40. The molecule has 0 unspecified atom stereocenters. The van der Waals surface area contributed by atoms with Gasteiger partial charge < -0.3 is 24.3 Å². The third-order valence-corrected chi connectivity index (χ3v) is 7.77. The molecule has 4 heterocycles. The van der Waals surface area contributed by atoms with E-state index in [-0.39, 0.29) is 18.3 Å². The Morgan fingerprint density at radius 2 is 1.80 bits per heavy atom. The Bertz CT molecular complexity index is 1760. The van der Waals surface area contributed by atoms with E-state index in [9.17, 15) is 18.0 Å². The van der Waals surface area contributed by atoms with Crippen LogP contribution in [0, 0.1) is 0 Å². The number of fused-ring (bicyclic) bond motifs is 1. The highest BCUT2D eigenvalue weighted by Gasteiger charge is 2.35. The quantitative estimate of drug-likeness (QED) is 0.255. The molecule has 242 valence electrons. The average molecular weight is 637 g/mol. The average Bonchev–Trinajstić information content (AvgIpc) is 3.78. The molecule has 2 aliphatic rings. The van der Waals surface area contributed by atoms with Gasteiger partial charge in [0, 0.05) is 49.8 Å². The zero-order valence-electron chi connectivity index (χ0n) is 26.3. The molecule has 1 saturated carbocycles. The predicted octanol–water partition coefficient (Wildman–Crippen LogP) is 6.14. The van der Waals surface area contributed by atoms with Crippen LogP contribution in [0.5, 0.6) is 5.88 Å². The van der Waals surface area contributed by atoms with Crippen molar-refractivity contribution in [3.8, 4) is 28.7 Å². The van der Waals surface area contributed by atoms with Crippen LogP contribution < -0.4 is 10.1 Å². The van der Waals surface area contributed by atoms with Crippen molar-refractivity contribution in [2.45, 2.75) is 70.8 Å². The number of nitrogens with zero attached hydrogens (tertiary/aromatic N) is 7. The van der Waals surface area contributed by atoms with Gasteiger partial charge in [-0.25, -0.2) is 29.7 Å². The Kier molecular flexibility index (Phi) is 8.07. The van der Waals surface area contributed by atoms with E-state index >= 15 is 0 Å². The van der Waals surface area contributed by atoms with Crippen molar-refractivity contribution in [1.82, 2.24) is 34.4 Å². The number of alkyl halides is 3. The summed E-state index contributed by atoms with van der Waals surface area (Å²) >= 11 is 0. The fourth-order valence-corrected chi connectivity index (χ4v) is 5.40. The number of amides is 1. The monoisotopic (exact) mass is 636 g/mol. The van der Waals surface area contributed by atoms with E-state index < -0.39 is 23.6 Å². The summed E-state index contributed by atoms with van der Waals surface area (Å²) < 4.78 is 52.2. The van der Waals surface area contributed by atoms with Gasteiger partial charge in [0.1, 0.15) is 29.1 Å². The van der Waals surface area contributed by atoms with E-state index in [2.05, 4.69) is 20.3 Å². The third-order valence-electron chi connectivity index (χ3n) is 7.77. The first kappa shape index (κ1) is 31.2. The SMILES string of the molecule is COc1ncnc(C2CC2)c1-c1nc2c(c(NCc3ccc(-c4nc(C(F)(F)F)cn4C)cc3)n1)CN(C(=O)OC(C)(C)C)CC2. The van der Waals surface area contributed by atoms with E-state index in [4.69, 9.17) is 19.4 Å². The second kappa shape index (κ2) is 11.9. The number of rotatable bonds is 7. The first-order valence-electron chi connectivity index (χ1n) is 15.0. The van der Waals surface area contributed by atoms with Crippen molar-refractivity contribution >= 4 is 11.9 Å². The highest BCUT2D eigenvalue weighted by Crippen LogP contribution is 2.45. The molecule has 46 heavy (non-hydrogen) atoms. The van der Waals surface area contributed by atoms with E-state index in [0.717, 1.165) is 41.6 Å². The van der Waals surface area contributed by atoms with Crippen molar-refractivity contribution in [2.75, 3.05) is 19.0 Å². The lowest BCUT2D eigenvalue weighted by Gasteiger charge is -2.31. The molecule has 1 aliphatic heterocycles. The Balaban J connectivity index is 1.32. The molecular weight excluding hydrogens is 601 g/mol. The number of carbonyl (C=O) groups is 1. The predicted molar refractivity (Wildman–Crippen MR) is 163 cm³/mol. The molecule has 1 N–H and O–H groups in total. The topological polar surface area (TPSA) is 120 Å². The van der Waals surface area contributed by atoms with Crippen LogP contribution in [0.4, 0.5) is 23.8 Å². The highest BCUT2D eigenvalue weighted by molar-refractivity contribution is 5.71. The van der Waals surface area contributed by atoms with Crippen LogP contribution in [0.2, 0.25) is 0 Å². The Morgan fingerprint density at radius 1 is 1.07 bits per heavy atom. The Morgan fingerprint density at radius 3 is 2.43 bits per heavy atom. The summed E-state index contributed by atoms with van der Waals surface area (Å²) in [5.41, 5.74) is 2.91. The molecule has 1 amide bonds. The maximum absolute atomic E-state index is 13.2. The Labute approximate surface area is 264 Å². The second-order valence-corrected chi connectivity index (χ2v) is 12.5. The minimum atomic E-state index is -4.52. The second-order valence-electron chi connectivity index (χ2n) is 12.5. The van der Waals surface area contributed by atoms with Crippen LogP contribution in [0.3, 0.4) is 0 Å². The molecule has 1 aliphatic carbocycles. The molecule has 4 aromatic rings. The number of anilines is 1. The van der Waals surface area contributed by atoms with E-state index in [1.54, 1.807) is 24.1 Å². The zero-order valence-corrected chi connectivity index (χ0v) is 26.3. The summed E-state index contributed by atoms with van der Waals surface area (Å²) in [5.74, 6) is 1.89. The summed E-state index contributed by atoms with van der Waals surface area (Å²) in [6, 6.07) is 7.12. The number of ether oxygens (including phenoxy) is 2. The normalized spacial score (nSPS) is 15.0. The number of halogens is 3. The van der Waals surface area contributed by atoms with Crippen molar-refractivity contribution in [3.05, 3.63) is 65.0 Å². The Hall–Kier alpha value is -4.75. The molecule has 1 fully saturated rings. The van der Waals surface area contributed by atoms with Crippen LogP contribution >= 0.6 is 0 Å². The molecule has 1 aromatic carbocycles. The first-order chi connectivity index (χ1) is 21.8. The summed E-state index contributed by atoms with van der Waals surface area (Å²) in [6.07, 6.45) is 0.0452. The summed E-state index contributed by atoms with van der Waals surface area (Å²) in [6.45, 7) is 6.51. The number of methoxy groups -OCH3 is 1. The fraction of sp³-hybridized carbons (Fsp3) is 0.438. The summed E-state index contributed by atoms with van der Waals surface area (Å²) in [7, 11) is 3.09. The van der Waals surface area contributed by atoms with E-state index in [1.165, 1.54) is 17.9 Å². The van der Waals surface area contributed by atoms with Gasteiger partial charge in [-0.15, -0.1) is 0 Å². The molecular formula is C32H35F3N8O3. The smallest absolute Gasteiger partial charge is 0.434 e. The van der Waals surface area contributed by atoms with Gasteiger partial charge in [0.2, 0.25) is 5.88 Å². The van der Waals surface area contributed by atoms with Crippen LogP contribution in [-0.2, 0) is 37.5 Å². The number of aryl methyl sites for hydroxylation is 1. The lowest BCUT2D eigenvalue weighted by molar-refractivity contribution is -0.140. The van der Waals surface area contributed by atoms with Crippen molar-refractivity contribution < 1.29 is 27.4 Å². The number of benzene rings is 1. The van der Waals surface area contributed by atoms with Gasteiger partial charge in [-0.3, -0.25) is 0 Å². The van der Waals surface area contributed by atoms with Crippen molar-refractivity contribution in [2.24, 2.45) is 7.05 Å². The van der Waals surface area contributed by atoms with Crippen molar-refractivity contribution in [3.63, 3.8) is 0 Å². The lowest BCUT2D eigenvalue weighted by Crippen LogP contribution is -2.40. The maximum atomic E-state index is 13.2. The molecule has 0 saturated heterocycles. The van der Waals surface area contributed by atoms with Crippen LogP contribution in [0.15, 0.2) is 36.8 Å². The van der Waals surface area contributed by atoms with Crippen LogP contribution in [0.1, 0.15) is 67.7 Å². The summed E-state index contributed by atoms with van der Waals surface area (Å²) in [5, 5.41) is 3.42. The molecule has 0 spiro atoms. The molecule has 0 radical (unpaired) electrons. The standard InChI is InChI=1S/C32H35F3N8O3/c1-31(2,3)46-30(44)43-13-12-22-21(15-43)26(41-27(39-22)24-25(19-10-11-19)37-17-38-29(24)45-5)36-14-18-6-8-20(9-7-18)28-40-23(16-42(28)4)32(33,34)35/h6-9,16-17,19H,10-15H2,1-5H3,(H,36,39,41). The minimum absolute atomic E-state index is 0.217. The number of hydrogen-bond donors (Lipinski definition) is 1. The molecule has 6 rings (SSSR count). The van der Waals surface area contributed by atoms with E-state index in [0.29, 0.717) is 48.2 Å². The van der Waals surface area contributed by atoms with E-state index in [1.807, 2.05) is 32.9 Å². The molecule has 0 bridgehead atoms. The number of imidazole rings is 1. The molecule has 0 atom stereocenters. The number of aromatic nitrogens is 6. The van der Waals surface area contributed by atoms with Gasteiger partial charge in [-0.2, -0.15) is 13.2 Å². The molecule has 3 aromatic heterocycles. The van der Waals surface area contributed by atoms with Gasteiger partial charge in [-0.05, 0) is 39.2 Å². The maximum Gasteiger partial charge on any atom is 0.434 e. The summed E-state index contributed by atoms with van der Waals surface area (Å²) in [4.78, 5) is 37.2. The van der Waals surface area contributed by atoms with Gasteiger partial charge in [0.05, 0.1) is 25.0 Å². The number of carbonyl (C=O) groups excluding carboxylic acids is 1. The van der Waals surface area contributed by atoms with Crippen LogP contribution in [0.25, 0.3) is 22.8 Å². The number of nitrogens with one attached hydrogen (secondary N) is 1. The van der Waals surface area contributed by atoms with Gasteiger partial charge >= 0.3 is 12.3 Å².